The molecule has 1 unspecified atom stereocenters. The highest BCUT2D eigenvalue weighted by atomic mass is 35.5. The van der Waals surface area contributed by atoms with Crippen LogP contribution < -0.4 is 9.64 Å². The van der Waals surface area contributed by atoms with Crippen molar-refractivity contribution in [1.82, 2.24) is 19.4 Å². The maximum atomic E-state index is 13.7. The van der Waals surface area contributed by atoms with Gasteiger partial charge in [0.05, 0.1) is 54.5 Å². The first-order chi connectivity index (χ1) is 21.9. The van der Waals surface area contributed by atoms with E-state index in [1.54, 1.807) is 41.3 Å². The molecule has 1 atom stereocenters. The van der Waals surface area contributed by atoms with Gasteiger partial charge in [-0.2, -0.15) is 9.37 Å². The maximum Gasteiger partial charge on any atom is 0.337 e. The molecule has 0 saturated carbocycles. The van der Waals surface area contributed by atoms with E-state index in [1.807, 2.05) is 21.6 Å². The third-order valence-electron chi connectivity index (χ3n) is 8.17. The van der Waals surface area contributed by atoms with Crippen LogP contribution >= 0.6 is 11.6 Å². The number of halogens is 2. The second kappa shape index (κ2) is 12.0. The van der Waals surface area contributed by atoms with E-state index in [-0.39, 0.29) is 25.2 Å². The van der Waals surface area contributed by atoms with Gasteiger partial charge in [0.1, 0.15) is 23.8 Å². The molecule has 11 nitrogen and oxygen atoms in total. The van der Waals surface area contributed by atoms with Crippen molar-refractivity contribution in [2.24, 2.45) is 0 Å². The standard InChI is InChI=1S/C32H29ClFN5O6/c1-42-32(41)19-6-8-24-25(13-19)39(15-21-9-12-43-21)28(35-24)16-38-11-10-37(17-30(38)40)27-3-2-4-29(36-27)44-18-20-5-7-23(33)22-14-26(34)45-31(20)22/h2-8,13-14,21H,9-12,15-18H2,1H3. The van der Waals surface area contributed by atoms with E-state index in [0.717, 1.165) is 29.9 Å². The normalized spacial score (nSPS) is 16.8. The number of carbonyl (C=O) groups is 2. The summed E-state index contributed by atoms with van der Waals surface area (Å²) in [7, 11) is 1.35. The molecule has 2 fully saturated rings. The Morgan fingerprint density at radius 2 is 2.00 bits per heavy atom. The van der Waals surface area contributed by atoms with Crippen LogP contribution in [0.15, 0.2) is 59.0 Å². The lowest BCUT2D eigenvalue weighted by molar-refractivity contribution is -0.131. The average molecular weight is 634 g/mol. The molecule has 0 N–H and O–H groups in total. The molecule has 1 amide bonds. The fourth-order valence-electron chi connectivity index (χ4n) is 5.66. The topological polar surface area (TPSA) is 112 Å². The zero-order valence-corrected chi connectivity index (χ0v) is 25.1. The Morgan fingerprint density at radius 3 is 2.78 bits per heavy atom. The van der Waals surface area contributed by atoms with Gasteiger partial charge in [-0.25, -0.2) is 9.78 Å². The number of anilines is 1. The number of piperazine rings is 1. The molecule has 3 aromatic heterocycles. The summed E-state index contributed by atoms with van der Waals surface area (Å²) in [5, 5.41) is 0.869. The summed E-state index contributed by atoms with van der Waals surface area (Å²) in [4.78, 5) is 38.7. The minimum atomic E-state index is -0.722. The number of pyridine rings is 1. The van der Waals surface area contributed by atoms with E-state index in [4.69, 9.17) is 35.2 Å². The molecule has 232 valence electrons. The minimum Gasteiger partial charge on any atom is -0.473 e. The number of amides is 1. The van der Waals surface area contributed by atoms with Crippen molar-refractivity contribution in [3.8, 4) is 5.88 Å². The summed E-state index contributed by atoms with van der Waals surface area (Å²) < 4.78 is 37.5. The number of furan rings is 1. The predicted molar refractivity (Wildman–Crippen MR) is 163 cm³/mol. The van der Waals surface area contributed by atoms with Crippen LogP contribution in [0, 0.1) is 6.01 Å². The van der Waals surface area contributed by atoms with E-state index < -0.39 is 12.0 Å². The number of imidazole rings is 1. The van der Waals surface area contributed by atoms with Crippen LogP contribution in [0.2, 0.25) is 5.02 Å². The monoisotopic (exact) mass is 633 g/mol. The first-order valence-electron chi connectivity index (χ1n) is 14.5. The van der Waals surface area contributed by atoms with Crippen molar-refractivity contribution in [2.75, 3.05) is 38.3 Å². The van der Waals surface area contributed by atoms with Gasteiger partial charge in [-0.3, -0.25) is 4.79 Å². The third-order valence-corrected chi connectivity index (χ3v) is 8.50. The number of hydrogen-bond donors (Lipinski definition) is 0. The molecule has 5 aromatic rings. The molecule has 0 aliphatic carbocycles. The van der Waals surface area contributed by atoms with Crippen molar-refractivity contribution in [1.29, 1.82) is 0 Å². The van der Waals surface area contributed by atoms with Crippen LogP contribution in [0.1, 0.15) is 28.2 Å². The number of esters is 1. The van der Waals surface area contributed by atoms with Gasteiger partial charge >= 0.3 is 5.97 Å². The number of methoxy groups -OCH3 is 1. The number of hydrogen-bond acceptors (Lipinski definition) is 9. The first kappa shape index (κ1) is 29.1. The van der Waals surface area contributed by atoms with Gasteiger partial charge in [0.15, 0.2) is 0 Å². The lowest BCUT2D eigenvalue weighted by Crippen LogP contribution is -2.50. The van der Waals surface area contributed by atoms with E-state index >= 15 is 0 Å². The van der Waals surface area contributed by atoms with E-state index in [1.165, 1.54) is 13.2 Å². The van der Waals surface area contributed by atoms with Crippen molar-refractivity contribution < 1.29 is 32.6 Å². The fraction of sp³-hybridized carbons (Fsp3) is 0.312. The molecular weight excluding hydrogens is 605 g/mol. The molecule has 0 spiro atoms. The molecule has 2 aromatic carbocycles. The predicted octanol–water partition coefficient (Wildman–Crippen LogP) is 4.97. The highest BCUT2D eigenvalue weighted by Gasteiger charge is 2.28. The Bertz CT molecular complexity index is 1920. The number of aromatic nitrogens is 3. The molecule has 5 heterocycles. The summed E-state index contributed by atoms with van der Waals surface area (Å²) in [6, 6.07) is 14.5. The second-order valence-electron chi connectivity index (χ2n) is 11.0. The molecule has 0 bridgehead atoms. The molecule has 13 heteroatoms. The summed E-state index contributed by atoms with van der Waals surface area (Å²) in [6.07, 6.45) is 0.997. The van der Waals surface area contributed by atoms with Crippen molar-refractivity contribution in [3.63, 3.8) is 0 Å². The van der Waals surface area contributed by atoms with Crippen LogP contribution in [0.3, 0.4) is 0 Å². The Hall–Kier alpha value is -4.68. The maximum absolute atomic E-state index is 13.7. The smallest absolute Gasteiger partial charge is 0.337 e. The number of rotatable bonds is 9. The molecule has 2 saturated heterocycles. The van der Waals surface area contributed by atoms with E-state index in [9.17, 15) is 14.0 Å². The lowest BCUT2D eigenvalue weighted by atomic mass is 10.1. The summed E-state index contributed by atoms with van der Waals surface area (Å²) in [5.41, 5.74) is 2.93. The number of benzene rings is 2. The lowest BCUT2D eigenvalue weighted by Gasteiger charge is -2.35. The van der Waals surface area contributed by atoms with Gasteiger partial charge in [0, 0.05) is 42.8 Å². The zero-order chi connectivity index (χ0) is 31.1. The molecule has 2 aliphatic rings. The van der Waals surface area contributed by atoms with Crippen molar-refractivity contribution in [3.05, 3.63) is 82.6 Å². The molecule has 7 rings (SSSR count). The number of ether oxygens (including phenoxy) is 3. The van der Waals surface area contributed by atoms with E-state index in [0.29, 0.717) is 65.0 Å². The fourth-order valence-corrected chi connectivity index (χ4v) is 5.86. The highest BCUT2D eigenvalue weighted by Crippen LogP contribution is 2.30. The van der Waals surface area contributed by atoms with Crippen LogP contribution in [0.4, 0.5) is 10.2 Å². The Labute approximate surface area is 262 Å². The van der Waals surface area contributed by atoms with Crippen LogP contribution in [0.25, 0.3) is 22.0 Å². The van der Waals surface area contributed by atoms with Gasteiger partial charge in [0.2, 0.25) is 11.8 Å². The SMILES string of the molecule is COC(=O)c1ccc2nc(CN3CCN(c4cccc(OCc5ccc(Cl)c6cc(F)oc56)n4)CC3=O)n(CC3CCO3)c2c1. The largest absolute Gasteiger partial charge is 0.473 e. The third kappa shape index (κ3) is 5.78. The van der Waals surface area contributed by atoms with Crippen molar-refractivity contribution >= 4 is 51.3 Å². The van der Waals surface area contributed by atoms with E-state index in [2.05, 4.69) is 4.98 Å². The summed E-state index contributed by atoms with van der Waals surface area (Å²) in [5.74, 6) is 1.21. The zero-order valence-electron chi connectivity index (χ0n) is 24.4. The average Bonchev–Trinajstić information content (AvgIpc) is 3.59. The van der Waals surface area contributed by atoms with Crippen molar-refractivity contribution in [2.45, 2.75) is 32.2 Å². The summed E-state index contributed by atoms with van der Waals surface area (Å²) in [6.45, 7) is 2.88. The summed E-state index contributed by atoms with van der Waals surface area (Å²) >= 11 is 6.17. The van der Waals surface area contributed by atoms with Gasteiger partial charge in [0.25, 0.3) is 6.01 Å². The van der Waals surface area contributed by atoms with Gasteiger partial charge < -0.3 is 33.0 Å². The number of nitrogens with zero attached hydrogens (tertiary/aromatic N) is 5. The second-order valence-corrected chi connectivity index (χ2v) is 11.4. The quantitative estimate of drug-likeness (QED) is 0.208. The van der Waals surface area contributed by atoms with Gasteiger partial charge in [-0.05, 0) is 36.8 Å². The molecule has 45 heavy (non-hydrogen) atoms. The van der Waals surface area contributed by atoms with Crippen LogP contribution in [0.5, 0.6) is 5.88 Å². The number of carbonyl (C=O) groups excluding carboxylic acids is 2. The Balaban J connectivity index is 1.04. The Kier molecular flexibility index (Phi) is 7.76. The number of fused-ring (bicyclic) bond motifs is 2. The molecular formula is C32H29ClFN5O6. The highest BCUT2D eigenvalue weighted by molar-refractivity contribution is 6.35. The Morgan fingerprint density at radius 1 is 1.13 bits per heavy atom. The molecule has 2 aliphatic heterocycles. The van der Waals surface area contributed by atoms with Crippen LogP contribution in [-0.2, 0) is 34.0 Å². The van der Waals surface area contributed by atoms with Gasteiger partial charge in [-0.15, -0.1) is 0 Å². The van der Waals surface area contributed by atoms with Crippen LogP contribution in [-0.4, -0.2) is 70.8 Å². The first-order valence-corrected chi connectivity index (χ1v) is 14.9. The minimum absolute atomic E-state index is 0.0574. The van der Waals surface area contributed by atoms with Gasteiger partial charge in [-0.1, -0.05) is 23.7 Å². The molecule has 0 radical (unpaired) electrons.